The largest absolute Gasteiger partial charge is 0.478 e. The molecule has 8 nitrogen and oxygen atoms in total. The van der Waals surface area contributed by atoms with Crippen LogP contribution >= 0.6 is 23.2 Å². The van der Waals surface area contributed by atoms with Crippen LogP contribution in [0.2, 0.25) is 10.0 Å². The van der Waals surface area contributed by atoms with Gasteiger partial charge in [-0.25, -0.2) is 9.80 Å². The first-order valence-electron chi connectivity index (χ1n) is 11.2. The topological polar surface area (TPSA) is 94.1 Å². The molecule has 0 radical (unpaired) electrons. The van der Waals surface area contributed by atoms with Crippen LogP contribution in [0.25, 0.3) is 0 Å². The van der Waals surface area contributed by atoms with E-state index in [-0.39, 0.29) is 11.7 Å². The highest BCUT2D eigenvalue weighted by Gasteiger charge is 2.30. The number of anilines is 3. The predicted octanol–water partition coefficient (Wildman–Crippen LogP) is 5.59. The van der Waals surface area contributed by atoms with Crippen LogP contribution in [-0.4, -0.2) is 30.2 Å². The Morgan fingerprint density at radius 2 is 1.85 bits per heavy atom. The average Bonchev–Trinajstić information content (AvgIpc) is 3.04. The Hall–Kier alpha value is -2.94. The summed E-state index contributed by atoms with van der Waals surface area (Å²) in [4.78, 5) is 23.0. The van der Waals surface area contributed by atoms with E-state index in [1.807, 2.05) is 0 Å². The molecule has 180 valence electrons. The highest BCUT2D eigenvalue weighted by Crippen LogP contribution is 2.38. The van der Waals surface area contributed by atoms with Gasteiger partial charge < -0.3 is 15.2 Å². The smallest absolute Gasteiger partial charge is 0.337 e. The van der Waals surface area contributed by atoms with Gasteiger partial charge in [-0.1, -0.05) is 55.0 Å². The Bertz CT molecular complexity index is 1070. The van der Waals surface area contributed by atoms with Crippen molar-refractivity contribution in [3.05, 3.63) is 63.9 Å². The molecule has 2 aliphatic rings. The van der Waals surface area contributed by atoms with Crippen molar-refractivity contribution in [1.29, 1.82) is 0 Å². The first-order valence-corrected chi connectivity index (χ1v) is 11.9. The molecule has 1 aliphatic carbocycles. The molecule has 1 fully saturated rings. The third-order valence-electron chi connectivity index (χ3n) is 5.87. The summed E-state index contributed by atoms with van der Waals surface area (Å²) in [6.45, 7) is 0.314. The molecule has 0 bridgehead atoms. The van der Waals surface area contributed by atoms with Gasteiger partial charge in [0.05, 0.1) is 45.9 Å². The fourth-order valence-electron chi connectivity index (χ4n) is 4.20. The van der Waals surface area contributed by atoms with Crippen LogP contribution in [0.15, 0.2) is 48.3 Å². The molecule has 0 saturated heterocycles. The Kier molecular flexibility index (Phi) is 7.82. The van der Waals surface area contributed by atoms with E-state index in [0.717, 1.165) is 25.7 Å². The van der Waals surface area contributed by atoms with Crippen LogP contribution in [-0.2, 0) is 9.53 Å². The van der Waals surface area contributed by atoms with E-state index in [2.05, 4.69) is 10.7 Å². The van der Waals surface area contributed by atoms with Crippen LogP contribution in [0.4, 0.5) is 17.1 Å². The number of hydrazine groups is 2. The molecule has 1 aliphatic heterocycles. The monoisotopic (exact) mass is 504 g/mol. The molecular formula is C24H26Cl2N4O4. The van der Waals surface area contributed by atoms with E-state index >= 15 is 0 Å². The van der Waals surface area contributed by atoms with Crippen LogP contribution in [0, 0.1) is 0 Å². The number of hydrogen-bond acceptors (Lipinski definition) is 6. The van der Waals surface area contributed by atoms with Crippen molar-refractivity contribution in [3.63, 3.8) is 0 Å². The second-order valence-electron chi connectivity index (χ2n) is 8.22. The maximum atomic E-state index is 12.0. The van der Waals surface area contributed by atoms with Crippen molar-refractivity contribution in [2.45, 2.75) is 44.6 Å². The number of carboxylic acid groups (broad SMARTS) is 1. The number of carboxylic acids is 1. The zero-order chi connectivity index (χ0) is 24.1. The van der Waals surface area contributed by atoms with E-state index in [0.29, 0.717) is 45.8 Å². The van der Waals surface area contributed by atoms with Gasteiger partial charge in [0.2, 0.25) is 6.41 Å². The number of halogens is 2. The lowest BCUT2D eigenvalue weighted by Crippen LogP contribution is -2.44. The molecule has 2 aromatic carbocycles. The molecule has 10 heteroatoms. The summed E-state index contributed by atoms with van der Waals surface area (Å²) in [5.74, 6) is -1.12. The van der Waals surface area contributed by atoms with Crippen molar-refractivity contribution >= 4 is 52.6 Å². The lowest BCUT2D eigenvalue weighted by atomic mass is 10.1. The van der Waals surface area contributed by atoms with Crippen molar-refractivity contribution in [3.8, 4) is 0 Å². The maximum absolute atomic E-state index is 12.0. The third kappa shape index (κ3) is 5.41. The first kappa shape index (κ1) is 24.2. The second-order valence-corrected chi connectivity index (χ2v) is 9.03. The molecular weight excluding hydrogens is 479 g/mol. The van der Waals surface area contributed by atoms with E-state index < -0.39 is 5.97 Å². The molecule has 0 spiro atoms. The van der Waals surface area contributed by atoms with E-state index in [4.69, 9.17) is 27.9 Å². The highest BCUT2D eigenvalue weighted by molar-refractivity contribution is 6.39. The average molecular weight is 505 g/mol. The molecule has 1 amide bonds. The van der Waals surface area contributed by atoms with Crippen LogP contribution in [0.5, 0.6) is 0 Å². The number of nitrogens with zero attached hydrogens (tertiary/aromatic N) is 2. The van der Waals surface area contributed by atoms with Crippen LogP contribution in [0.1, 0.15) is 48.9 Å². The number of aromatic carboxylic acids is 1. The van der Waals surface area contributed by atoms with Crippen LogP contribution in [0.3, 0.4) is 0 Å². The minimum absolute atomic E-state index is 0.0358. The lowest BCUT2D eigenvalue weighted by molar-refractivity contribution is -0.105. The summed E-state index contributed by atoms with van der Waals surface area (Å²) in [7, 11) is 0. The van der Waals surface area contributed by atoms with Crippen molar-refractivity contribution in [2.75, 3.05) is 22.1 Å². The third-order valence-corrected chi connectivity index (χ3v) is 6.48. The van der Waals surface area contributed by atoms with Crippen LogP contribution < -0.4 is 20.9 Å². The zero-order valence-electron chi connectivity index (χ0n) is 18.5. The SMILES string of the molecule is O=CNc1ccc(C(=O)O)c(N2C=C(COC3CCCCCC3)NN2c2c(Cl)cccc2Cl)c1. The number of para-hydroxylation sites is 1. The number of ether oxygens (including phenoxy) is 1. The Morgan fingerprint density at radius 1 is 1.15 bits per heavy atom. The summed E-state index contributed by atoms with van der Waals surface area (Å²) in [6, 6.07) is 9.66. The van der Waals surface area contributed by atoms with E-state index in [1.165, 1.54) is 25.0 Å². The minimum atomic E-state index is -1.12. The molecule has 34 heavy (non-hydrogen) atoms. The minimum Gasteiger partial charge on any atom is -0.478 e. The van der Waals surface area contributed by atoms with Gasteiger partial charge in [-0.2, -0.15) is 5.12 Å². The zero-order valence-corrected chi connectivity index (χ0v) is 20.0. The van der Waals surface area contributed by atoms with Gasteiger partial charge in [0.15, 0.2) is 0 Å². The Balaban J connectivity index is 1.70. The summed E-state index contributed by atoms with van der Waals surface area (Å²) < 4.78 is 6.19. The summed E-state index contributed by atoms with van der Waals surface area (Å²) in [6.07, 6.45) is 9.31. The number of hydrogen-bond donors (Lipinski definition) is 3. The standard InChI is InChI=1S/C24H26Cl2N4O4/c25-20-8-5-9-21(26)23(20)30-28-17(14-34-18-6-3-1-2-4-7-18)13-29(30)22-12-16(27-15-31)10-11-19(22)24(32)33/h5,8-13,15,18,28H,1-4,6-7,14H2,(H,27,31)(H,32,33). The fraction of sp³-hybridized carbons (Fsp3) is 0.333. The molecule has 0 aromatic heterocycles. The van der Waals surface area contributed by atoms with E-state index in [1.54, 1.807) is 40.6 Å². The molecule has 2 aromatic rings. The number of rotatable bonds is 8. The molecule has 0 unspecified atom stereocenters. The quantitative estimate of drug-likeness (QED) is 0.318. The first-order chi connectivity index (χ1) is 16.5. The number of amides is 1. The summed E-state index contributed by atoms with van der Waals surface area (Å²) in [5, 5.41) is 16.3. The molecule has 4 rings (SSSR count). The maximum Gasteiger partial charge on any atom is 0.337 e. The number of nitrogens with one attached hydrogen (secondary N) is 2. The van der Waals surface area contributed by atoms with Crippen molar-refractivity contribution < 1.29 is 19.4 Å². The van der Waals surface area contributed by atoms with Gasteiger partial charge >= 0.3 is 5.97 Å². The number of carbonyl (C=O) groups is 2. The van der Waals surface area contributed by atoms with Gasteiger partial charge in [0.25, 0.3) is 0 Å². The Labute approximate surface area is 208 Å². The van der Waals surface area contributed by atoms with E-state index in [9.17, 15) is 14.7 Å². The van der Waals surface area contributed by atoms with Crippen molar-refractivity contribution in [2.24, 2.45) is 0 Å². The summed E-state index contributed by atoms with van der Waals surface area (Å²) >= 11 is 13.0. The normalized spacial score (nSPS) is 16.6. The molecule has 1 saturated carbocycles. The van der Waals surface area contributed by atoms with Gasteiger partial charge in [0.1, 0.15) is 5.69 Å². The van der Waals surface area contributed by atoms with Gasteiger partial charge in [-0.05, 0) is 43.2 Å². The van der Waals surface area contributed by atoms with Crippen molar-refractivity contribution in [1.82, 2.24) is 5.43 Å². The highest BCUT2D eigenvalue weighted by atomic mass is 35.5. The Morgan fingerprint density at radius 3 is 2.50 bits per heavy atom. The van der Waals surface area contributed by atoms with Gasteiger partial charge in [-0.15, -0.1) is 0 Å². The number of benzene rings is 2. The van der Waals surface area contributed by atoms with Gasteiger partial charge in [-0.3, -0.25) is 10.2 Å². The lowest BCUT2D eigenvalue weighted by Gasteiger charge is -2.32. The molecule has 3 N–H and O–H groups in total. The number of carbonyl (C=O) groups excluding carboxylic acids is 1. The molecule has 0 atom stereocenters. The summed E-state index contributed by atoms with van der Waals surface area (Å²) in [5.41, 5.74) is 5.21. The fourth-order valence-corrected chi connectivity index (χ4v) is 4.76. The van der Waals surface area contributed by atoms with Gasteiger partial charge in [0, 0.05) is 5.69 Å². The second kappa shape index (κ2) is 11.0. The molecule has 1 heterocycles. The predicted molar refractivity (Wildman–Crippen MR) is 133 cm³/mol.